The van der Waals surface area contributed by atoms with Crippen LogP contribution in [0.4, 0.5) is 0 Å². The largest absolute Gasteiger partial charge is 0.436 e. The molecule has 0 amide bonds. The van der Waals surface area contributed by atoms with Gasteiger partial charge in [-0.25, -0.2) is 4.98 Å². The number of rotatable bonds is 5. The van der Waals surface area contributed by atoms with Crippen molar-refractivity contribution in [1.29, 1.82) is 0 Å². The summed E-state index contributed by atoms with van der Waals surface area (Å²) in [6, 6.07) is 3.90. The van der Waals surface area contributed by atoms with Crippen molar-refractivity contribution in [3.63, 3.8) is 0 Å². The van der Waals surface area contributed by atoms with Crippen LogP contribution in [0, 0.1) is 0 Å². The predicted molar refractivity (Wildman–Crippen MR) is 85.1 cm³/mol. The van der Waals surface area contributed by atoms with Crippen molar-refractivity contribution in [2.45, 2.75) is 52.0 Å². The van der Waals surface area contributed by atoms with Crippen molar-refractivity contribution < 1.29 is 4.74 Å². The van der Waals surface area contributed by atoms with Crippen molar-refractivity contribution >= 4 is 11.6 Å². The summed E-state index contributed by atoms with van der Waals surface area (Å²) in [5.41, 5.74) is 1.93. The molecule has 2 heterocycles. The molecule has 0 aliphatic heterocycles. The van der Waals surface area contributed by atoms with Crippen LogP contribution < -0.4 is 4.74 Å². The molecular formula is C16H22ClN3O. The summed E-state index contributed by atoms with van der Waals surface area (Å²) in [7, 11) is 0. The summed E-state index contributed by atoms with van der Waals surface area (Å²) in [4.78, 5) is 4.59. The van der Waals surface area contributed by atoms with Crippen LogP contribution >= 0.6 is 11.6 Å². The van der Waals surface area contributed by atoms with Crippen molar-refractivity contribution in [1.82, 2.24) is 14.8 Å². The van der Waals surface area contributed by atoms with E-state index in [1.54, 1.807) is 6.20 Å². The monoisotopic (exact) mass is 307 g/mol. The Morgan fingerprint density at radius 3 is 2.67 bits per heavy atom. The normalized spacial score (nSPS) is 11.7. The molecule has 0 spiro atoms. The van der Waals surface area contributed by atoms with Crippen LogP contribution in [-0.2, 0) is 17.8 Å². The topological polar surface area (TPSA) is 39.9 Å². The third kappa shape index (κ3) is 4.21. The van der Waals surface area contributed by atoms with E-state index in [9.17, 15) is 0 Å². The van der Waals surface area contributed by atoms with Crippen LogP contribution in [-0.4, -0.2) is 14.8 Å². The lowest BCUT2D eigenvalue weighted by Gasteiger charge is -2.19. The molecule has 114 valence electrons. The average molecular weight is 308 g/mol. The molecule has 0 aliphatic carbocycles. The first-order valence-corrected chi connectivity index (χ1v) is 7.73. The minimum Gasteiger partial charge on any atom is -0.436 e. The van der Waals surface area contributed by atoms with Crippen molar-refractivity contribution in [3.8, 4) is 11.6 Å². The number of hydrogen-bond acceptors (Lipinski definition) is 3. The van der Waals surface area contributed by atoms with Gasteiger partial charge >= 0.3 is 0 Å². The lowest BCUT2D eigenvalue weighted by Crippen LogP contribution is -2.14. The second-order valence-corrected chi connectivity index (χ2v) is 6.39. The Balaban J connectivity index is 2.25. The van der Waals surface area contributed by atoms with E-state index < -0.39 is 0 Å². The average Bonchev–Trinajstić information content (AvgIpc) is 2.85. The maximum absolute atomic E-state index is 5.97. The highest BCUT2D eigenvalue weighted by atomic mass is 35.5. The summed E-state index contributed by atoms with van der Waals surface area (Å²) >= 11 is 5.97. The SMILES string of the molecule is CCCn1cc(Oc2cc(CCl)cc(C(C)(C)C)n2)cn1. The van der Waals surface area contributed by atoms with Crippen LogP contribution in [0.15, 0.2) is 24.5 Å². The second-order valence-electron chi connectivity index (χ2n) is 6.12. The quantitative estimate of drug-likeness (QED) is 0.763. The predicted octanol–water partition coefficient (Wildman–Crippen LogP) is 4.52. The first-order valence-electron chi connectivity index (χ1n) is 7.20. The van der Waals surface area contributed by atoms with Gasteiger partial charge in [0.05, 0.1) is 18.1 Å². The van der Waals surface area contributed by atoms with E-state index >= 15 is 0 Å². The van der Waals surface area contributed by atoms with E-state index in [4.69, 9.17) is 16.3 Å². The number of ether oxygens (including phenoxy) is 1. The van der Waals surface area contributed by atoms with Gasteiger partial charge in [-0.3, -0.25) is 4.68 Å². The minimum atomic E-state index is -0.0490. The fourth-order valence-electron chi connectivity index (χ4n) is 1.94. The number of aryl methyl sites for hydroxylation is 1. The summed E-state index contributed by atoms with van der Waals surface area (Å²) in [6.45, 7) is 9.36. The van der Waals surface area contributed by atoms with E-state index in [2.05, 4.69) is 37.8 Å². The van der Waals surface area contributed by atoms with Gasteiger partial charge in [0.1, 0.15) is 0 Å². The molecule has 0 saturated heterocycles. The Hall–Kier alpha value is -1.55. The molecule has 0 atom stereocenters. The molecule has 0 aromatic carbocycles. The van der Waals surface area contributed by atoms with E-state index in [1.165, 1.54) is 0 Å². The molecule has 0 aliphatic rings. The highest BCUT2D eigenvalue weighted by Gasteiger charge is 2.18. The number of aromatic nitrogens is 3. The van der Waals surface area contributed by atoms with E-state index in [0.717, 1.165) is 24.2 Å². The highest BCUT2D eigenvalue weighted by Crippen LogP contribution is 2.27. The van der Waals surface area contributed by atoms with Gasteiger partial charge in [0.2, 0.25) is 5.88 Å². The van der Waals surface area contributed by atoms with Gasteiger partial charge in [-0.15, -0.1) is 11.6 Å². The van der Waals surface area contributed by atoms with Gasteiger partial charge in [0.25, 0.3) is 0 Å². The molecule has 0 fully saturated rings. The van der Waals surface area contributed by atoms with E-state index in [1.807, 2.05) is 23.0 Å². The van der Waals surface area contributed by atoms with Crippen molar-refractivity contribution in [3.05, 3.63) is 35.8 Å². The lowest BCUT2D eigenvalue weighted by molar-refractivity contribution is 0.449. The number of pyridine rings is 1. The van der Waals surface area contributed by atoms with Gasteiger partial charge in [-0.1, -0.05) is 27.7 Å². The van der Waals surface area contributed by atoms with Crippen molar-refractivity contribution in [2.75, 3.05) is 0 Å². The fourth-order valence-corrected chi connectivity index (χ4v) is 2.10. The number of alkyl halides is 1. The zero-order valence-electron chi connectivity index (χ0n) is 13.1. The molecule has 0 unspecified atom stereocenters. The smallest absolute Gasteiger partial charge is 0.219 e. The second kappa shape index (κ2) is 6.48. The maximum atomic E-state index is 5.97. The summed E-state index contributed by atoms with van der Waals surface area (Å²) in [5, 5.41) is 4.25. The van der Waals surface area contributed by atoms with E-state index in [0.29, 0.717) is 17.5 Å². The Labute approximate surface area is 131 Å². The molecule has 2 rings (SSSR count). The number of hydrogen-bond donors (Lipinski definition) is 0. The van der Waals surface area contributed by atoms with Gasteiger partial charge in [0, 0.05) is 23.9 Å². The van der Waals surface area contributed by atoms with Crippen LogP contribution in [0.5, 0.6) is 11.6 Å². The Morgan fingerprint density at radius 2 is 2.05 bits per heavy atom. The van der Waals surface area contributed by atoms with Crippen LogP contribution in [0.1, 0.15) is 45.4 Å². The maximum Gasteiger partial charge on any atom is 0.219 e. The van der Waals surface area contributed by atoms with Gasteiger partial charge in [-0.2, -0.15) is 5.10 Å². The summed E-state index contributed by atoms with van der Waals surface area (Å²) in [6.07, 6.45) is 4.63. The van der Waals surface area contributed by atoms with Crippen LogP contribution in [0.2, 0.25) is 0 Å². The lowest BCUT2D eigenvalue weighted by atomic mass is 9.91. The first-order chi connectivity index (χ1) is 9.92. The molecule has 4 nitrogen and oxygen atoms in total. The minimum absolute atomic E-state index is 0.0490. The van der Waals surface area contributed by atoms with Crippen LogP contribution in [0.3, 0.4) is 0 Å². The molecule has 2 aromatic heterocycles. The van der Waals surface area contributed by atoms with Crippen molar-refractivity contribution in [2.24, 2.45) is 0 Å². The van der Waals surface area contributed by atoms with Crippen LogP contribution in [0.25, 0.3) is 0 Å². The zero-order valence-corrected chi connectivity index (χ0v) is 13.8. The molecule has 0 radical (unpaired) electrons. The summed E-state index contributed by atoms with van der Waals surface area (Å²) in [5.74, 6) is 1.70. The third-order valence-corrected chi connectivity index (χ3v) is 3.38. The summed E-state index contributed by atoms with van der Waals surface area (Å²) < 4.78 is 7.70. The van der Waals surface area contributed by atoms with Gasteiger partial charge < -0.3 is 4.74 Å². The zero-order chi connectivity index (χ0) is 15.5. The van der Waals surface area contributed by atoms with Gasteiger partial charge in [-0.05, 0) is 18.1 Å². The highest BCUT2D eigenvalue weighted by molar-refractivity contribution is 6.17. The third-order valence-electron chi connectivity index (χ3n) is 3.07. The molecule has 21 heavy (non-hydrogen) atoms. The Bertz CT molecular complexity index is 602. The number of halogens is 1. The molecule has 5 heteroatoms. The first kappa shape index (κ1) is 15.8. The molecule has 0 bridgehead atoms. The Morgan fingerprint density at radius 1 is 1.29 bits per heavy atom. The standard InChI is InChI=1S/C16H22ClN3O/c1-5-6-20-11-13(10-18-20)21-15-8-12(9-17)7-14(19-15)16(2,3)4/h7-8,10-11H,5-6,9H2,1-4H3. The fraction of sp³-hybridized carbons (Fsp3) is 0.500. The molecule has 0 N–H and O–H groups in total. The Kier molecular flexibility index (Phi) is 4.88. The van der Waals surface area contributed by atoms with Gasteiger partial charge in [0.15, 0.2) is 5.75 Å². The van der Waals surface area contributed by atoms with E-state index in [-0.39, 0.29) is 5.41 Å². The molecule has 0 saturated carbocycles. The molecule has 2 aromatic rings. The number of nitrogens with zero attached hydrogens (tertiary/aromatic N) is 3. The molecular weight excluding hydrogens is 286 g/mol.